The van der Waals surface area contributed by atoms with Gasteiger partial charge in [0.1, 0.15) is 5.52 Å². The highest BCUT2D eigenvalue weighted by Crippen LogP contribution is 2.25. The maximum Gasteiger partial charge on any atom is 0.229 e. The summed E-state index contributed by atoms with van der Waals surface area (Å²) in [5.74, 6) is 1.23. The molecule has 0 aliphatic rings. The third-order valence-electron chi connectivity index (χ3n) is 3.73. The Kier molecular flexibility index (Phi) is 4.40. The number of nitrogens with zero attached hydrogens (tertiary/aromatic N) is 2. The maximum absolute atomic E-state index is 6.11. The van der Waals surface area contributed by atoms with Gasteiger partial charge in [-0.2, -0.15) is 4.98 Å². The van der Waals surface area contributed by atoms with Gasteiger partial charge in [0.2, 0.25) is 5.95 Å². The van der Waals surface area contributed by atoms with Gasteiger partial charge in [-0.05, 0) is 38.0 Å². The highest BCUT2D eigenvalue weighted by molar-refractivity contribution is 5.85. The first kappa shape index (κ1) is 16.3. The van der Waals surface area contributed by atoms with Crippen molar-refractivity contribution in [2.24, 2.45) is 5.73 Å². The second kappa shape index (κ2) is 6.49. The Bertz CT molecular complexity index is 818. The molecule has 24 heavy (non-hydrogen) atoms. The van der Waals surface area contributed by atoms with E-state index in [1.165, 1.54) is 0 Å². The molecule has 1 aromatic carbocycles. The fraction of sp³-hybridized carbons (Fsp3) is 0.333. The van der Waals surface area contributed by atoms with Crippen molar-refractivity contribution in [3.8, 4) is 0 Å². The van der Waals surface area contributed by atoms with Crippen LogP contribution in [-0.2, 0) is 5.54 Å². The molecule has 4 N–H and O–H groups in total. The van der Waals surface area contributed by atoms with Crippen LogP contribution in [0, 0.1) is 0 Å². The third-order valence-corrected chi connectivity index (χ3v) is 3.73. The number of anilines is 3. The van der Waals surface area contributed by atoms with Crippen molar-refractivity contribution in [3.05, 3.63) is 42.2 Å². The van der Waals surface area contributed by atoms with Crippen LogP contribution in [0.25, 0.3) is 11.1 Å². The summed E-state index contributed by atoms with van der Waals surface area (Å²) in [6, 6.07) is 9.81. The molecule has 126 valence electrons. The Labute approximate surface area is 141 Å². The Morgan fingerprint density at radius 2 is 1.88 bits per heavy atom. The lowest BCUT2D eigenvalue weighted by Crippen LogP contribution is -2.28. The first-order chi connectivity index (χ1) is 11.5. The number of aromatic nitrogens is 2. The summed E-state index contributed by atoms with van der Waals surface area (Å²) in [5.41, 5.74) is 9.18. The minimum absolute atomic E-state index is 0.359. The zero-order valence-electron chi connectivity index (χ0n) is 14.3. The summed E-state index contributed by atoms with van der Waals surface area (Å²) in [6.45, 7) is 6.90. The first-order valence-electron chi connectivity index (χ1n) is 8.13. The molecule has 0 spiro atoms. The minimum Gasteiger partial charge on any atom is -0.459 e. The minimum atomic E-state index is -0.359. The molecule has 0 amide bonds. The van der Waals surface area contributed by atoms with Crippen molar-refractivity contribution in [1.82, 2.24) is 9.97 Å². The predicted molar refractivity (Wildman–Crippen MR) is 97.5 cm³/mol. The van der Waals surface area contributed by atoms with Crippen LogP contribution in [0.3, 0.4) is 0 Å². The van der Waals surface area contributed by atoms with Gasteiger partial charge in [0.25, 0.3) is 0 Å². The van der Waals surface area contributed by atoms with E-state index in [9.17, 15) is 0 Å². The quantitative estimate of drug-likeness (QED) is 0.635. The van der Waals surface area contributed by atoms with Crippen molar-refractivity contribution in [2.45, 2.75) is 32.7 Å². The zero-order valence-corrected chi connectivity index (χ0v) is 14.3. The van der Waals surface area contributed by atoms with E-state index in [1.807, 2.05) is 44.2 Å². The average molecular weight is 325 g/mol. The Balaban J connectivity index is 1.86. The molecule has 2 heterocycles. The number of nitrogens with one attached hydrogen (secondary N) is 2. The summed E-state index contributed by atoms with van der Waals surface area (Å²) in [7, 11) is 0. The predicted octanol–water partition coefficient (Wildman–Crippen LogP) is 3.98. The number of rotatable bonds is 6. The Morgan fingerprint density at radius 1 is 1.12 bits per heavy atom. The molecule has 0 bridgehead atoms. The van der Waals surface area contributed by atoms with Crippen molar-refractivity contribution in [3.63, 3.8) is 0 Å². The van der Waals surface area contributed by atoms with Gasteiger partial charge in [0.05, 0.1) is 6.26 Å². The van der Waals surface area contributed by atoms with E-state index in [0.717, 1.165) is 29.7 Å². The van der Waals surface area contributed by atoms with Crippen molar-refractivity contribution >= 4 is 28.6 Å². The van der Waals surface area contributed by atoms with Gasteiger partial charge in [-0.1, -0.05) is 19.1 Å². The molecular formula is C18H23N5O. The van der Waals surface area contributed by atoms with Crippen LogP contribution in [0.1, 0.15) is 32.8 Å². The van der Waals surface area contributed by atoms with Crippen LogP contribution < -0.4 is 16.4 Å². The van der Waals surface area contributed by atoms with Gasteiger partial charge in [-0.15, -0.1) is 0 Å². The van der Waals surface area contributed by atoms with Gasteiger partial charge in [0.15, 0.2) is 11.4 Å². The van der Waals surface area contributed by atoms with Gasteiger partial charge in [0, 0.05) is 23.8 Å². The van der Waals surface area contributed by atoms with Crippen LogP contribution in [0.5, 0.6) is 0 Å². The highest BCUT2D eigenvalue weighted by Gasteiger charge is 2.14. The van der Waals surface area contributed by atoms with Crippen LogP contribution in [0.15, 0.2) is 41.0 Å². The standard InChI is InChI=1S/C18H23N5O/c1-4-10-20-16-15-14(9-11-24-15)22-17(23-16)21-13-7-5-12(6-8-13)18(2,3)19/h5-9,11H,4,10,19H2,1-3H3,(H2,20,21,22,23). The van der Waals surface area contributed by atoms with Gasteiger partial charge < -0.3 is 20.8 Å². The molecule has 0 saturated carbocycles. The molecule has 0 aliphatic heterocycles. The van der Waals surface area contributed by atoms with E-state index in [1.54, 1.807) is 6.26 Å². The van der Waals surface area contributed by atoms with Crippen molar-refractivity contribution in [2.75, 3.05) is 17.2 Å². The van der Waals surface area contributed by atoms with E-state index >= 15 is 0 Å². The smallest absolute Gasteiger partial charge is 0.229 e. The number of benzene rings is 1. The second-order valence-corrected chi connectivity index (χ2v) is 6.38. The summed E-state index contributed by atoms with van der Waals surface area (Å²) in [6.07, 6.45) is 2.63. The van der Waals surface area contributed by atoms with E-state index < -0.39 is 0 Å². The van der Waals surface area contributed by atoms with Gasteiger partial charge in [-0.3, -0.25) is 0 Å². The molecule has 3 aromatic rings. The third kappa shape index (κ3) is 3.49. The second-order valence-electron chi connectivity index (χ2n) is 6.38. The molecule has 0 saturated heterocycles. The largest absolute Gasteiger partial charge is 0.459 e. The molecule has 6 heteroatoms. The van der Waals surface area contributed by atoms with Gasteiger partial charge >= 0.3 is 0 Å². The average Bonchev–Trinajstić information content (AvgIpc) is 3.01. The number of fused-ring (bicyclic) bond motifs is 1. The fourth-order valence-electron chi connectivity index (χ4n) is 2.39. The lowest BCUT2D eigenvalue weighted by molar-refractivity contribution is 0.554. The highest BCUT2D eigenvalue weighted by atomic mass is 16.3. The first-order valence-corrected chi connectivity index (χ1v) is 8.13. The normalized spacial score (nSPS) is 11.7. The van der Waals surface area contributed by atoms with E-state index in [4.69, 9.17) is 10.2 Å². The van der Waals surface area contributed by atoms with Crippen LogP contribution in [0.2, 0.25) is 0 Å². The summed E-state index contributed by atoms with van der Waals surface area (Å²) in [5, 5.41) is 6.51. The fourth-order valence-corrected chi connectivity index (χ4v) is 2.39. The molecule has 2 aromatic heterocycles. The van der Waals surface area contributed by atoms with E-state index in [-0.39, 0.29) is 5.54 Å². The number of hydrogen-bond donors (Lipinski definition) is 3. The molecule has 0 aliphatic carbocycles. The zero-order chi connectivity index (χ0) is 17.2. The summed E-state index contributed by atoms with van der Waals surface area (Å²) < 4.78 is 5.48. The SMILES string of the molecule is CCCNc1nc(Nc2ccc(C(C)(C)N)cc2)nc2ccoc12. The summed E-state index contributed by atoms with van der Waals surface area (Å²) in [4.78, 5) is 9.02. The van der Waals surface area contributed by atoms with E-state index in [0.29, 0.717) is 17.3 Å². The number of furan rings is 1. The lowest BCUT2D eigenvalue weighted by Gasteiger charge is -2.19. The lowest BCUT2D eigenvalue weighted by atomic mass is 9.96. The van der Waals surface area contributed by atoms with Crippen LogP contribution >= 0.6 is 0 Å². The Morgan fingerprint density at radius 3 is 2.54 bits per heavy atom. The number of nitrogens with two attached hydrogens (primary N) is 1. The van der Waals surface area contributed by atoms with Gasteiger partial charge in [-0.25, -0.2) is 4.98 Å². The topological polar surface area (TPSA) is 89.0 Å². The summed E-state index contributed by atoms with van der Waals surface area (Å²) >= 11 is 0. The molecule has 0 fully saturated rings. The number of hydrogen-bond acceptors (Lipinski definition) is 6. The maximum atomic E-state index is 6.11. The van der Waals surface area contributed by atoms with Crippen LogP contribution in [0.4, 0.5) is 17.5 Å². The van der Waals surface area contributed by atoms with E-state index in [2.05, 4.69) is 27.5 Å². The molecular weight excluding hydrogens is 302 g/mol. The molecule has 0 atom stereocenters. The molecule has 0 unspecified atom stereocenters. The van der Waals surface area contributed by atoms with Crippen LogP contribution in [-0.4, -0.2) is 16.5 Å². The molecule has 6 nitrogen and oxygen atoms in total. The van der Waals surface area contributed by atoms with Crippen molar-refractivity contribution in [1.29, 1.82) is 0 Å². The Hall–Kier alpha value is -2.60. The molecule has 3 rings (SSSR count). The monoisotopic (exact) mass is 325 g/mol. The molecule has 0 radical (unpaired) electrons. The van der Waals surface area contributed by atoms with Crippen molar-refractivity contribution < 1.29 is 4.42 Å².